The average Bonchev–Trinajstić information content (AvgIpc) is 3.32. The van der Waals surface area contributed by atoms with Gasteiger partial charge >= 0.3 is 0 Å². The number of hydrogen-bond acceptors (Lipinski definition) is 1. The zero-order valence-electron chi connectivity index (χ0n) is 33.5. The molecule has 2 bridgehead atoms. The Labute approximate surface area is 347 Å². The van der Waals surface area contributed by atoms with E-state index >= 15 is 0 Å². The standard InChI is InChI=1S/C56H40O.C2H6/c57-51-35-50-42-25-13-14-26-43(42)54(51)56-53(47-32-30-41(37-19-7-2-8-20-37)34-49(47)39-23-11-4-12-24-39)45-28-16-15-27-44(45)52(55(50)56)46-31-29-40(36-17-5-1-6-18-36)33-48(46)38-21-9-3-10-22-38;1-2/h1-34,50-51,54,57H,35H2;1-2H3. The third kappa shape index (κ3) is 6.22. The van der Waals surface area contributed by atoms with E-state index in [1.807, 2.05) is 13.8 Å². The second-order valence-corrected chi connectivity index (χ2v) is 15.6. The van der Waals surface area contributed by atoms with Crippen LogP contribution in [0.4, 0.5) is 0 Å². The molecule has 3 aliphatic rings. The molecular weight excluding hydrogens is 713 g/mol. The minimum Gasteiger partial charge on any atom is -0.392 e. The monoisotopic (exact) mass is 758 g/mol. The average molecular weight is 759 g/mol. The second kappa shape index (κ2) is 15.5. The van der Waals surface area contributed by atoms with Crippen molar-refractivity contribution in [3.8, 4) is 66.8 Å². The van der Waals surface area contributed by atoms with Gasteiger partial charge in [0.2, 0.25) is 0 Å². The SMILES string of the molecule is CC.OC1CC2c3ccccc3C1c1c2c(-c2ccc(-c3ccccc3)cc2-c2ccccc2)c2ccccc2c1-c1ccc(-c2ccccc2)cc1-c1ccccc1. The summed E-state index contributed by atoms with van der Waals surface area (Å²) >= 11 is 0. The lowest BCUT2D eigenvalue weighted by Gasteiger charge is -2.46. The first-order chi connectivity index (χ1) is 29.2. The van der Waals surface area contributed by atoms with Crippen molar-refractivity contribution in [1.82, 2.24) is 0 Å². The number of aliphatic hydroxyl groups excluding tert-OH is 1. The van der Waals surface area contributed by atoms with E-state index in [1.165, 1.54) is 99.8 Å². The summed E-state index contributed by atoms with van der Waals surface area (Å²) in [5, 5.41) is 14.7. The van der Waals surface area contributed by atoms with E-state index in [4.69, 9.17) is 0 Å². The van der Waals surface area contributed by atoms with Gasteiger partial charge in [-0.25, -0.2) is 0 Å². The fourth-order valence-electron chi connectivity index (χ4n) is 10.0. The van der Waals surface area contributed by atoms with Gasteiger partial charge in [-0.05, 0) is 118 Å². The first-order valence-corrected chi connectivity index (χ1v) is 21.1. The highest BCUT2D eigenvalue weighted by Gasteiger charge is 2.46. The van der Waals surface area contributed by atoms with Crippen molar-refractivity contribution in [2.24, 2.45) is 0 Å². The highest BCUT2D eigenvalue weighted by molar-refractivity contribution is 6.12. The molecule has 0 radical (unpaired) electrons. The summed E-state index contributed by atoms with van der Waals surface area (Å²) in [7, 11) is 0. The molecule has 0 heterocycles. The van der Waals surface area contributed by atoms with Gasteiger partial charge in [0, 0.05) is 11.8 Å². The molecule has 9 aromatic carbocycles. The van der Waals surface area contributed by atoms with Gasteiger partial charge in [0.1, 0.15) is 0 Å². The summed E-state index contributed by atoms with van der Waals surface area (Å²) in [4.78, 5) is 0. The lowest BCUT2D eigenvalue weighted by molar-refractivity contribution is 0.124. The molecule has 59 heavy (non-hydrogen) atoms. The summed E-state index contributed by atoms with van der Waals surface area (Å²) in [6.45, 7) is 4.00. The topological polar surface area (TPSA) is 20.2 Å². The zero-order chi connectivity index (χ0) is 39.9. The van der Waals surface area contributed by atoms with Crippen LogP contribution in [-0.2, 0) is 0 Å². The Balaban J connectivity index is 0.00000207. The molecule has 0 amide bonds. The van der Waals surface area contributed by atoms with Crippen LogP contribution in [0.3, 0.4) is 0 Å². The van der Waals surface area contributed by atoms with Crippen molar-refractivity contribution in [1.29, 1.82) is 0 Å². The van der Waals surface area contributed by atoms with Crippen molar-refractivity contribution in [3.05, 3.63) is 229 Å². The Morgan fingerprint density at radius 3 is 1.22 bits per heavy atom. The van der Waals surface area contributed by atoms with E-state index in [0.717, 1.165) is 0 Å². The van der Waals surface area contributed by atoms with Crippen LogP contribution in [0.2, 0.25) is 0 Å². The highest BCUT2D eigenvalue weighted by Crippen LogP contribution is 2.61. The van der Waals surface area contributed by atoms with Gasteiger partial charge in [-0.1, -0.05) is 208 Å². The number of hydrogen-bond donors (Lipinski definition) is 1. The van der Waals surface area contributed by atoms with E-state index < -0.39 is 6.10 Å². The van der Waals surface area contributed by atoms with Gasteiger partial charge in [0.15, 0.2) is 0 Å². The van der Waals surface area contributed by atoms with Gasteiger partial charge in [-0.2, -0.15) is 0 Å². The number of benzene rings is 9. The van der Waals surface area contributed by atoms with E-state index in [9.17, 15) is 5.11 Å². The predicted molar refractivity (Wildman–Crippen MR) is 249 cm³/mol. The van der Waals surface area contributed by atoms with Crippen molar-refractivity contribution in [3.63, 3.8) is 0 Å². The van der Waals surface area contributed by atoms with Crippen LogP contribution in [0.1, 0.15) is 54.4 Å². The van der Waals surface area contributed by atoms with E-state index in [-0.39, 0.29) is 11.8 Å². The van der Waals surface area contributed by atoms with Gasteiger partial charge in [0.05, 0.1) is 6.10 Å². The number of rotatable bonds is 6. The molecule has 1 N–H and O–H groups in total. The van der Waals surface area contributed by atoms with Crippen LogP contribution in [0, 0.1) is 0 Å². The van der Waals surface area contributed by atoms with Crippen molar-refractivity contribution in [2.45, 2.75) is 38.2 Å². The summed E-state index contributed by atoms with van der Waals surface area (Å²) in [5.41, 5.74) is 19.7. The molecule has 1 heteroatoms. The molecule has 0 aliphatic heterocycles. The Morgan fingerprint density at radius 1 is 0.356 bits per heavy atom. The summed E-state index contributed by atoms with van der Waals surface area (Å²) in [5.74, 6) is -0.128. The molecule has 0 saturated heterocycles. The Morgan fingerprint density at radius 2 is 0.746 bits per heavy atom. The fourth-order valence-corrected chi connectivity index (χ4v) is 10.0. The summed E-state index contributed by atoms with van der Waals surface area (Å²) in [6, 6.07) is 75.0. The zero-order valence-corrected chi connectivity index (χ0v) is 33.5. The van der Waals surface area contributed by atoms with Crippen molar-refractivity contribution in [2.75, 3.05) is 0 Å². The molecular formula is C58H46O. The van der Waals surface area contributed by atoms with E-state index in [1.54, 1.807) is 0 Å². The first kappa shape index (κ1) is 36.5. The van der Waals surface area contributed by atoms with Crippen molar-refractivity contribution < 1.29 is 5.11 Å². The molecule has 0 saturated carbocycles. The molecule has 284 valence electrons. The molecule has 3 aliphatic carbocycles. The van der Waals surface area contributed by atoms with Gasteiger partial charge in [-0.15, -0.1) is 0 Å². The van der Waals surface area contributed by atoms with Crippen LogP contribution in [0.5, 0.6) is 0 Å². The molecule has 3 atom stereocenters. The lowest BCUT2D eigenvalue weighted by atomic mass is 9.58. The molecule has 3 unspecified atom stereocenters. The lowest BCUT2D eigenvalue weighted by Crippen LogP contribution is -2.36. The third-order valence-electron chi connectivity index (χ3n) is 12.5. The van der Waals surface area contributed by atoms with E-state index in [2.05, 4.69) is 206 Å². The van der Waals surface area contributed by atoms with Crippen LogP contribution in [0.25, 0.3) is 77.5 Å². The number of fused-ring (bicyclic) bond motifs is 2. The normalized spacial score (nSPS) is 16.2. The van der Waals surface area contributed by atoms with Crippen LogP contribution in [0.15, 0.2) is 206 Å². The number of aliphatic hydroxyl groups is 1. The van der Waals surface area contributed by atoms with Gasteiger partial charge < -0.3 is 5.11 Å². The Kier molecular flexibility index (Phi) is 9.61. The van der Waals surface area contributed by atoms with E-state index in [0.29, 0.717) is 6.42 Å². The van der Waals surface area contributed by atoms with Gasteiger partial charge in [-0.3, -0.25) is 0 Å². The molecule has 0 spiro atoms. The molecule has 9 aromatic rings. The molecule has 0 fully saturated rings. The minimum absolute atomic E-state index is 0.0377. The largest absolute Gasteiger partial charge is 0.392 e. The smallest absolute Gasteiger partial charge is 0.0658 e. The Hall–Kier alpha value is -6.80. The summed E-state index contributed by atoms with van der Waals surface area (Å²) < 4.78 is 0. The minimum atomic E-state index is -0.497. The molecule has 12 rings (SSSR count). The predicted octanol–water partition coefficient (Wildman–Crippen LogP) is 15.2. The van der Waals surface area contributed by atoms with Crippen LogP contribution >= 0.6 is 0 Å². The fraction of sp³-hybridized carbons (Fsp3) is 0.103. The first-order valence-electron chi connectivity index (χ1n) is 21.1. The van der Waals surface area contributed by atoms with Gasteiger partial charge in [0.25, 0.3) is 0 Å². The molecule has 0 aromatic heterocycles. The van der Waals surface area contributed by atoms with Crippen LogP contribution < -0.4 is 0 Å². The molecule has 1 nitrogen and oxygen atoms in total. The maximum atomic E-state index is 12.3. The Bertz CT molecular complexity index is 2930. The maximum Gasteiger partial charge on any atom is 0.0658 e. The maximum absolute atomic E-state index is 12.3. The quantitative estimate of drug-likeness (QED) is 0.179. The second-order valence-electron chi connectivity index (χ2n) is 15.6. The summed E-state index contributed by atoms with van der Waals surface area (Å²) in [6.07, 6.45) is 0.198. The van der Waals surface area contributed by atoms with Crippen molar-refractivity contribution >= 4 is 10.8 Å². The highest BCUT2D eigenvalue weighted by atomic mass is 16.3. The third-order valence-corrected chi connectivity index (χ3v) is 12.5. The van der Waals surface area contributed by atoms with Crippen LogP contribution in [-0.4, -0.2) is 11.2 Å².